The van der Waals surface area contributed by atoms with Crippen molar-refractivity contribution in [2.24, 2.45) is 7.05 Å². The fourth-order valence-electron chi connectivity index (χ4n) is 2.75. The Hall–Kier alpha value is -2.31. The minimum absolute atomic E-state index is 0.0458. The Morgan fingerprint density at radius 2 is 1.83 bits per heavy atom. The van der Waals surface area contributed by atoms with Gasteiger partial charge in [-0.05, 0) is 40.2 Å². The second kappa shape index (κ2) is 7.99. The van der Waals surface area contributed by atoms with Gasteiger partial charge in [-0.3, -0.25) is 4.79 Å². The molecule has 1 aromatic rings. The second-order valence-electron chi connectivity index (χ2n) is 5.96. The van der Waals surface area contributed by atoms with Gasteiger partial charge in [-0.25, -0.2) is 9.59 Å². The number of amides is 2. The molecule has 0 aliphatic heterocycles. The first-order valence-corrected chi connectivity index (χ1v) is 7.99. The molecule has 0 radical (unpaired) electrons. The molecule has 0 aliphatic rings. The summed E-state index contributed by atoms with van der Waals surface area (Å²) in [5.74, 6) is -0.683. The molecule has 1 heterocycles. The maximum Gasteiger partial charge on any atom is 0.354 e. The molecule has 7 nitrogen and oxygen atoms in total. The smallest absolute Gasteiger partial charge is 0.354 e. The van der Waals surface area contributed by atoms with Gasteiger partial charge in [0.25, 0.3) is 0 Å². The molecule has 0 saturated carbocycles. The number of Topliss-reactive ketones (excluding diaryl/α,β-unsaturated/α-hetero) is 1. The van der Waals surface area contributed by atoms with E-state index in [1.165, 1.54) is 12.0 Å². The van der Waals surface area contributed by atoms with Gasteiger partial charge in [0.1, 0.15) is 5.69 Å². The molecule has 1 rings (SSSR count). The van der Waals surface area contributed by atoms with Gasteiger partial charge in [0.15, 0.2) is 5.78 Å². The van der Waals surface area contributed by atoms with Crippen LogP contribution >= 0.6 is 0 Å². The first-order valence-electron chi connectivity index (χ1n) is 7.99. The lowest BCUT2D eigenvalue weighted by Crippen LogP contribution is -2.46. The Labute approximate surface area is 143 Å². The molecule has 0 aromatic carbocycles. The highest BCUT2D eigenvalue weighted by molar-refractivity contribution is 6.04. The first kappa shape index (κ1) is 19.7. The van der Waals surface area contributed by atoms with Crippen molar-refractivity contribution in [2.45, 2.75) is 40.7 Å². The van der Waals surface area contributed by atoms with Crippen LogP contribution in [-0.2, 0) is 11.8 Å². The predicted molar refractivity (Wildman–Crippen MR) is 91.5 cm³/mol. The summed E-state index contributed by atoms with van der Waals surface area (Å²) in [4.78, 5) is 38.4. The molecule has 1 aromatic heterocycles. The number of ether oxygens (including phenoxy) is 1. The van der Waals surface area contributed by atoms with Crippen molar-refractivity contribution in [2.75, 3.05) is 20.2 Å². The number of nitrogens with zero attached hydrogens (tertiary/aromatic N) is 2. The largest absolute Gasteiger partial charge is 0.464 e. The summed E-state index contributed by atoms with van der Waals surface area (Å²) in [5.41, 5.74) is 2.07. The van der Waals surface area contributed by atoms with E-state index in [4.69, 9.17) is 4.74 Å². The zero-order valence-corrected chi connectivity index (χ0v) is 15.5. The van der Waals surface area contributed by atoms with E-state index in [-0.39, 0.29) is 24.4 Å². The van der Waals surface area contributed by atoms with Crippen LogP contribution in [0.1, 0.15) is 52.9 Å². The molecule has 0 bridgehead atoms. The van der Waals surface area contributed by atoms with E-state index < -0.39 is 5.97 Å². The molecular formula is C17H27N3O4. The lowest BCUT2D eigenvalue weighted by atomic mass is 10.0. The number of carbonyl (C=O) groups excluding carboxylic acids is 3. The standard InChI is InChI=1S/C17H27N3O4/c1-8-18-17(23)20(10(2)3)9-13(21)14-11(4)15(16(22)24-7)19(6)12(14)5/h10H,8-9H2,1-7H3,(H,18,23). The fraction of sp³-hybridized carbons (Fsp3) is 0.588. The number of nitrogens with one attached hydrogen (secondary N) is 1. The molecule has 24 heavy (non-hydrogen) atoms. The summed E-state index contributed by atoms with van der Waals surface area (Å²) in [6, 6.07) is -0.398. The molecule has 0 atom stereocenters. The van der Waals surface area contributed by atoms with E-state index in [1.807, 2.05) is 20.8 Å². The van der Waals surface area contributed by atoms with Gasteiger partial charge >= 0.3 is 12.0 Å². The van der Waals surface area contributed by atoms with Crippen LogP contribution in [0.5, 0.6) is 0 Å². The van der Waals surface area contributed by atoms with Crippen molar-refractivity contribution in [1.29, 1.82) is 0 Å². The summed E-state index contributed by atoms with van der Waals surface area (Å²) in [6.07, 6.45) is 0. The Bertz CT molecular complexity index is 647. The average molecular weight is 337 g/mol. The van der Waals surface area contributed by atoms with Crippen molar-refractivity contribution in [1.82, 2.24) is 14.8 Å². The summed E-state index contributed by atoms with van der Waals surface area (Å²) < 4.78 is 6.44. The maximum absolute atomic E-state index is 12.8. The van der Waals surface area contributed by atoms with Gasteiger partial charge in [0, 0.05) is 30.9 Å². The van der Waals surface area contributed by atoms with Crippen molar-refractivity contribution < 1.29 is 19.1 Å². The third-order valence-corrected chi connectivity index (χ3v) is 4.11. The number of esters is 1. The van der Waals surface area contributed by atoms with Crippen molar-refractivity contribution in [3.8, 4) is 0 Å². The van der Waals surface area contributed by atoms with Crippen LogP contribution in [-0.4, -0.2) is 53.5 Å². The van der Waals surface area contributed by atoms with E-state index in [1.54, 1.807) is 25.5 Å². The van der Waals surface area contributed by atoms with Gasteiger partial charge in [-0.15, -0.1) is 0 Å². The molecule has 0 saturated heterocycles. The number of carbonyl (C=O) groups is 3. The Balaban J connectivity index is 3.20. The Morgan fingerprint density at radius 1 is 1.25 bits per heavy atom. The zero-order valence-electron chi connectivity index (χ0n) is 15.5. The van der Waals surface area contributed by atoms with E-state index >= 15 is 0 Å². The zero-order chi connectivity index (χ0) is 18.6. The number of rotatable bonds is 6. The van der Waals surface area contributed by atoms with Crippen LogP contribution in [0, 0.1) is 13.8 Å². The second-order valence-corrected chi connectivity index (χ2v) is 5.96. The molecule has 7 heteroatoms. The van der Waals surface area contributed by atoms with Crippen LogP contribution in [0.2, 0.25) is 0 Å². The average Bonchev–Trinajstić information content (AvgIpc) is 2.73. The maximum atomic E-state index is 12.8. The van der Waals surface area contributed by atoms with Gasteiger partial charge in [0.05, 0.1) is 13.7 Å². The first-order chi connectivity index (χ1) is 11.2. The normalized spacial score (nSPS) is 10.7. The van der Waals surface area contributed by atoms with E-state index in [9.17, 15) is 14.4 Å². The lowest BCUT2D eigenvalue weighted by Gasteiger charge is -2.26. The van der Waals surface area contributed by atoms with Crippen LogP contribution in [0.4, 0.5) is 4.79 Å². The lowest BCUT2D eigenvalue weighted by molar-refractivity contribution is 0.0588. The number of urea groups is 1. The van der Waals surface area contributed by atoms with Crippen molar-refractivity contribution >= 4 is 17.8 Å². The summed E-state index contributed by atoms with van der Waals surface area (Å²) in [7, 11) is 3.02. The molecule has 0 unspecified atom stereocenters. The number of hydrogen-bond acceptors (Lipinski definition) is 4. The fourth-order valence-corrected chi connectivity index (χ4v) is 2.75. The highest BCUT2D eigenvalue weighted by Gasteiger charge is 2.28. The molecule has 0 aliphatic carbocycles. The molecule has 1 N–H and O–H groups in total. The number of hydrogen-bond donors (Lipinski definition) is 1. The van der Waals surface area contributed by atoms with Gasteiger partial charge in [-0.2, -0.15) is 0 Å². The summed E-state index contributed by atoms with van der Waals surface area (Å²) in [6.45, 7) is 9.48. The van der Waals surface area contributed by atoms with Crippen molar-refractivity contribution in [3.05, 3.63) is 22.5 Å². The van der Waals surface area contributed by atoms with E-state index in [0.717, 1.165) is 0 Å². The van der Waals surface area contributed by atoms with Gasteiger partial charge in [-0.1, -0.05) is 0 Å². The Kier molecular flexibility index (Phi) is 6.57. The number of aromatic nitrogens is 1. The van der Waals surface area contributed by atoms with Gasteiger partial charge < -0.3 is 19.5 Å². The summed E-state index contributed by atoms with van der Waals surface area (Å²) in [5, 5.41) is 2.71. The topological polar surface area (TPSA) is 80.6 Å². The molecule has 0 fully saturated rings. The highest BCUT2D eigenvalue weighted by atomic mass is 16.5. The minimum Gasteiger partial charge on any atom is -0.464 e. The SMILES string of the molecule is CCNC(=O)N(CC(=O)c1c(C)c(C(=O)OC)n(C)c1C)C(C)C. The molecule has 0 spiro atoms. The monoisotopic (exact) mass is 337 g/mol. The molecule has 134 valence electrons. The van der Waals surface area contributed by atoms with E-state index in [0.29, 0.717) is 29.1 Å². The van der Waals surface area contributed by atoms with Crippen LogP contribution < -0.4 is 5.32 Å². The van der Waals surface area contributed by atoms with E-state index in [2.05, 4.69) is 5.32 Å². The Morgan fingerprint density at radius 3 is 2.29 bits per heavy atom. The third-order valence-electron chi connectivity index (χ3n) is 4.11. The number of ketones is 1. The highest BCUT2D eigenvalue weighted by Crippen LogP contribution is 2.23. The number of methoxy groups -OCH3 is 1. The summed E-state index contributed by atoms with van der Waals surface area (Å²) >= 11 is 0. The van der Waals surface area contributed by atoms with Crippen LogP contribution in [0.3, 0.4) is 0 Å². The van der Waals surface area contributed by atoms with Crippen LogP contribution in [0.25, 0.3) is 0 Å². The van der Waals surface area contributed by atoms with Crippen LogP contribution in [0.15, 0.2) is 0 Å². The van der Waals surface area contributed by atoms with Crippen molar-refractivity contribution in [3.63, 3.8) is 0 Å². The predicted octanol–water partition coefficient (Wildman–Crippen LogP) is 2.05. The molecular weight excluding hydrogens is 310 g/mol. The third kappa shape index (κ3) is 3.77. The van der Waals surface area contributed by atoms with Gasteiger partial charge in [0.2, 0.25) is 0 Å². The minimum atomic E-state index is -0.485. The quantitative estimate of drug-likeness (QED) is 0.636. The molecule has 2 amide bonds.